The van der Waals surface area contributed by atoms with Crippen LogP contribution in [0.25, 0.3) is 0 Å². The molecule has 2 aliphatic rings. The highest BCUT2D eigenvalue weighted by Crippen LogP contribution is 2.25. The molecule has 0 aromatic heterocycles. The van der Waals surface area contributed by atoms with Crippen molar-refractivity contribution in [1.29, 1.82) is 0 Å². The molecule has 1 N–H and O–H groups in total. The molecule has 2 rings (SSSR count). The van der Waals surface area contributed by atoms with Gasteiger partial charge in [0.2, 0.25) is 0 Å². The summed E-state index contributed by atoms with van der Waals surface area (Å²) in [5.41, 5.74) is -0.726. The first-order valence-corrected chi connectivity index (χ1v) is 7.13. The Morgan fingerprint density at radius 2 is 1.73 bits per heavy atom. The minimum Gasteiger partial charge on any atom is -0.368 e. The molecule has 2 saturated heterocycles. The van der Waals surface area contributed by atoms with E-state index in [4.69, 9.17) is 4.74 Å². The highest BCUT2D eigenvalue weighted by molar-refractivity contribution is 5.86. The van der Waals surface area contributed by atoms with Gasteiger partial charge in [-0.25, -0.2) is 8.78 Å². The van der Waals surface area contributed by atoms with E-state index in [9.17, 15) is 13.6 Å². The van der Waals surface area contributed by atoms with E-state index < -0.39 is 12.0 Å². The molecule has 0 radical (unpaired) electrons. The number of piperazine rings is 1. The van der Waals surface area contributed by atoms with Gasteiger partial charge in [0.25, 0.3) is 12.3 Å². The lowest BCUT2D eigenvalue weighted by atomic mass is 9.90. The molecular weight excluding hydrogens is 339 g/mol. The quantitative estimate of drug-likeness (QED) is 0.809. The van der Waals surface area contributed by atoms with Gasteiger partial charge in [-0.2, -0.15) is 0 Å². The molecular formula is C13H25Cl2F2N3O2. The average molecular weight is 364 g/mol. The molecule has 22 heavy (non-hydrogen) atoms. The van der Waals surface area contributed by atoms with Gasteiger partial charge in [-0.15, -0.1) is 24.8 Å². The maximum Gasteiger partial charge on any atom is 0.254 e. The lowest BCUT2D eigenvalue weighted by Gasteiger charge is -2.42. The van der Waals surface area contributed by atoms with Crippen LogP contribution < -0.4 is 5.32 Å². The standard InChI is InChI=1S/C13H23F2N3O2.2ClH/c1-20-13(2-4-16-5-3-13)12(19)18-8-6-17(7-9-18)10-11(14)15;;/h11,16H,2-10H2,1H3;2*1H. The van der Waals surface area contributed by atoms with E-state index in [2.05, 4.69) is 5.32 Å². The number of rotatable bonds is 4. The predicted molar refractivity (Wildman–Crippen MR) is 85.4 cm³/mol. The van der Waals surface area contributed by atoms with Crippen molar-refractivity contribution in [3.8, 4) is 0 Å². The molecule has 0 saturated carbocycles. The lowest BCUT2D eigenvalue weighted by Crippen LogP contribution is -2.59. The molecule has 0 unspecified atom stereocenters. The molecule has 0 aromatic carbocycles. The zero-order chi connectivity index (χ0) is 14.6. The van der Waals surface area contributed by atoms with Gasteiger partial charge in [0.05, 0.1) is 6.54 Å². The molecule has 0 bridgehead atoms. The van der Waals surface area contributed by atoms with Crippen LogP contribution in [-0.2, 0) is 9.53 Å². The van der Waals surface area contributed by atoms with Gasteiger partial charge in [-0.05, 0) is 25.9 Å². The van der Waals surface area contributed by atoms with Crippen molar-refractivity contribution in [2.75, 3.05) is 52.9 Å². The molecule has 0 aliphatic carbocycles. The summed E-state index contributed by atoms with van der Waals surface area (Å²) in [6.45, 7) is 3.35. The Labute approximate surface area is 142 Å². The molecule has 9 heteroatoms. The van der Waals surface area contributed by atoms with Crippen molar-refractivity contribution >= 4 is 30.7 Å². The summed E-state index contributed by atoms with van der Waals surface area (Å²) in [5.74, 6) is 0.0122. The van der Waals surface area contributed by atoms with Crippen molar-refractivity contribution in [2.45, 2.75) is 24.9 Å². The van der Waals surface area contributed by atoms with E-state index in [0.29, 0.717) is 39.0 Å². The number of amides is 1. The summed E-state index contributed by atoms with van der Waals surface area (Å²) in [6, 6.07) is 0. The summed E-state index contributed by atoms with van der Waals surface area (Å²) >= 11 is 0. The topological polar surface area (TPSA) is 44.8 Å². The fourth-order valence-electron chi connectivity index (χ4n) is 2.95. The van der Waals surface area contributed by atoms with Crippen molar-refractivity contribution in [2.24, 2.45) is 0 Å². The Balaban J connectivity index is 0.00000220. The van der Waals surface area contributed by atoms with Crippen molar-refractivity contribution in [3.63, 3.8) is 0 Å². The van der Waals surface area contributed by atoms with Crippen LogP contribution in [0.3, 0.4) is 0 Å². The molecule has 1 amide bonds. The molecule has 0 spiro atoms. The molecule has 132 valence electrons. The normalized spacial score (nSPS) is 21.9. The third kappa shape index (κ3) is 5.16. The van der Waals surface area contributed by atoms with Crippen molar-refractivity contribution in [3.05, 3.63) is 0 Å². The molecule has 2 heterocycles. The van der Waals surface area contributed by atoms with Gasteiger partial charge < -0.3 is 15.0 Å². The molecule has 0 atom stereocenters. The van der Waals surface area contributed by atoms with E-state index in [1.54, 1.807) is 16.9 Å². The summed E-state index contributed by atoms with van der Waals surface area (Å²) in [4.78, 5) is 16.1. The summed E-state index contributed by atoms with van der Waals surface area (Å²) in [7, 11) is 1.58. The first-order chi connectivity index (χ1) is 9.57. The van der Waals surface area contributed by atoms with Crippen molar-refractivity contribution in [1.82, 2.24) is 15.1 Å². The first kappa shape index (κ1) is 21.8. The van der Waals surface area contributed by atoms with E-state index in [0.717, 1.165) is 13.1 Å². The minimum atomic E-state index is -2.31. The third-order valence-corrected chi connectivity index (χ3v) is 4.25. The highest BCUT2D eigenvalue weighted by Gasteiger charge is 2.43. The van der Waals surface area contributed by atoms with Gasteiger partial charge in [-0.3, -0.25) is 9.69 Å². The number of piperidine rings is 1. The van der Waals surface area contributed by atoms with Crippen LogP contribution in [-0.4, -0.2) is 80.7 Å². The highest BCUT2D eigenvalue weighted by atomic mass is 35.5. The van der Waals surface area contributed by atoms with Crippen LogP contribution in [0.4, 0.5) is 8.78 Å². The summed E-state index contributed by atoms with van der Waals surface area (Å²) < 4.78 is 30.2. The fourth-order valence-corrected chi connectivity index (χ4v) is 2.95. The zero-order valence-electron chi connectivity index (χ0n) is 12.7. The predicted octanol–water partition coefficient (Wildman–Crippen LogP) is 1.01. The van der Waals surface area contributed by atoms with Crippen LogP contribution in [0.5, 0.6) is 0 Å². The van der Waals surface area contributed by atoms with E-state index in [1.165, 1.54) is 0 Å². The van der Waals surface area contributed by atoms with Crippen LogP contribution in [0.1, 0.15) is 12.8 Å². The van der Waals surface area contributed by atoms with Crippen LogP contribution >= 0.6 is 24.8 Å². The maximum atomic E-state index is 12.6. The van der Waals surface area contributed by atoms with E-state index in [-0.39, 0.29) is 37.3 Å². The van der Waals surface area contributed by atoms with Gasteiger partial charge in [0.15, 0.2) is 0 Å². The number of ether oxygens (including phenoxy) is 1. The maximum absolute atomic E-state index is 12.6. The zero-order valence-corrected chi connectivity index (χ0v) is 14.4. The Morgan fingerprint density at radius 1 is 1.18 bits per heavy atom. The SMILES string of the molecule is COC1(C(=O)N2CCN(CC(F)F)CC2)CCNCC1.Cl.Cl. The molecule has 2 aliphatic heterocycles. The van der Waals surface area contributed by atoms with Crippen LogP contribution in [0, 0.1) is 0 Å². The number of nitrogens with zero attached hydrogens (tertiary/aromatic N) is 2. The largest absolute Gasteiger partial charge is 0.368 e. The molecule has 0 aromatic rings. The number of hydrogen-bond acceptors (Lipinski definition) is 4. The molecule has 5 nitrogen and oxygen atoms in total. The molecule has 2 fully saturated rings. The second-order valence-corrected chi connectivity index (χ2v) is 5.43. The number of methoxy groups -OCH3 is 1. The Morgan fingerprint density at radius 3 is 2.18 bits per heavy atom. The lowest BCUT2D eigenvalue weighted by molar-refractivity contribution is -0.160. The number of carbonyl (C=O) groups excluding carboxylic acids is 1. The van der Waals surface area contributed by atoms with Crippen LogP contribution in [0.15, 0.2) is 0 Å². The number of hydrogen-bond donors (Lipinski definition) is 1. The number of nitrogens with one attached hydrogen (secondary N) is 1. The number of alkyl halides is 2. The average Bonchev–Trinajstić information content (AvgIpc) is 2.47. The second kappa shape index (κ2) is 9.82. The van der Waals surface area contributed by atoms with Gasteiger partial charge in [0, 0.05) is 33.3 Å². The van der Waals surface area contributed by atoms with Gasteiger partial charge in [-0.1, -0.05) is 0 Å². The Bertz CT molecular complexity index is 337. The minimum absolute atomic E-state index is 0. The van der Waals surface area contributed by atoms with Crippen molar-refractivity contribution < 1.29 is 18.3 Å². The third-order valence-electron chi connectivity index (χ3n) is 4.25. The van der Waals surface area contributed by atoms with Crippen LogP contribution in [0.2, 0.25) is 0 Å². The van der Waals surface area contributed by atoms with E-state index >= 15 is 0 Å². The monoisotopic (exact) mass is 363 g/mol. The van der Waals surface area contributed by atoms with Gasteiger partial charge >= 0.3 is 0 Å². The Kier molecular flexibility index (Phi) is 9.73. The Hall–Kier alpha value is -0.210. The van der Waals surface area contributed by atoms with Gasteiger partial charge in [0.1, 0.15) is 5.60 Å². The smallest absolute Gasteiger partial charge is 0.254 e. The summed E-state index contributed by atoms with van der Waals surface area (Å²) in [5, 5.41) is 3.22. The number of halogens is 4. The summed E-state index contributed by atoms with van der Waals surface area (Å²) in [6.07, 6.45) is -0.980. The van der Waals surface area contributed by atoms with E-state index in [1.807, 2.05) is 0 Å². The fraction of sp³-hybridized carbons (Fsp3) is 0.923. The number of carbonyl (C=O) groups is 1. The second-order valence-electron chi connectivity index (χ2n) is 5.43. The first-order valence-electron chi connectivity index (χ1n) is 7.13.